The molecule has 3 nitrogen and oxygen atoms in total. The lowest BCUT2D eigenvalue weighted by atomic mass is 9.92. The van der Waals surface area contributed by atoms with Crippen LogP contribution >= 0.6 is 12.4 Å². The van der Waals surface area contributed by atoms with Crippen LogP contribution in [0.4, 0.5) is 0 Å². The van der Waals surface area contributed by atoms with Crippen molar-refractivity contribution in [3.8, 4) is 0 Å². The minimum Gasteiger partial charge on any atom is -0.466 e. The summed E-state index contributed by atoms with van der Waals surface area (Å²) in [6.45, 7) is 4.20. The van der Waals surface area contributed by atoms with Crippen LogP contribution in [-0.4, -0.2) is 25.7 Å². The van der Waals surface area contributed by atoms with Crippen molar-refractivity contribution >= 4 is 18.4 Å². The Labute approximate surface area is 91.0 Å². The fraction of sp³-hybridized carbons (Fsp3) is 0.900. The number of hydrogen-bond acceptors (Lipinski definition) is 3. The molecule has 2 aliphatic rings. The molecule has 1 heterocycles. The highest BCUT2D eigenvalue weighted by Crippen LogP contribution is 2.42. The quantitative estimate of drug-likeness (QED) is 0.726. The molecule has 0 spiro atoms. The zero-order chi connectivity index (χ0) is 9.26. The monoisotopic (exact) mass is 219 g/mol. The maximum atomic E-state index is 11.5. The van der Waals surface area contributed by atoms with E-state index in [1.165, 1.54) is 12.8 Å². The Bertz CT molecular complexity index is 206. The second-order valence-corrected chi connectivity index (χ2v) is 4.02. The third-order valence-corrected chi connectivity index (χ3v) is 3.08. The summed E-state index contributed by atoms with van der Waals surface area (Å²) in [7, 11) is 0. The highest BCUT2D eigenvalue weighted by atomic mass is 35.5. The largest absolute Gasteiger partial charge is 0.466 e. The maximum absolute atomic E-state index is 11.5. The minimum absolute atomic E-state index is 0. The van der Waals surface area contributed by atoms with Gasteiger partial charge in [-0.1, -0.05) is 0 Å². The Hall–Kier alpha value is -0.280. The molecule has 1 N–H and O–H groups in total. The van der Waals surface area contributed by atoms with Crippen LogP contribution < -0.4 is 5.32 Å². The highest BCUT2D eigenvalue weighted by molar-refractivity contribution is 5.85. The predicted octanol–water partition coefficient (Wildman–Crippen LogP) is 1.22. The Morgan fingerprint density at radius 1 is 1.43 bits per heavy atom. The molecule has 14 heavy (non-hydrogen) atoms. The summed E-state index contributed by atoms with van der Waals surface area (Å²) in [6, 6.07) is 0. The molecule has 2 fully saturated rings. The van der Waals surface area contributed by atoms with Crippen LogP contribution in [0.1, 0.15) is 19.8 Å². The van der Waals surface area contributed by atoms with Gasteiger partial charge < -0.3 is 10.1 Å². The first kappa shape index (κ1) is 11.8. The summed E-state index contributed by atoms with van der Waals surface area (Å²) in [5, 5.41) is 3.28. The van der Waals surface area contributed by atoms with E-state index in [4.69, 9.17) is 4.74 Å². The molecule has 0 bridgehead atoms. The number of esters is 1. The highest BCUT2D eigenvalue weighted by Gasteiger charge is 2.43. The molecule has 0 amide bonds. The molecule has 1 aliphatic carbocycles. The van der Waals surface area contributed by atoms with Crippen molar-refractivity contribution in [3.05, 3.63) is 0 Å². The molecule has 0 radical (unpaired) electrons. The third kappa shape index (κ3) is 2.39. The lowest BCUT2D eigenvalue weighted by molar-refractivity contribution is -0.148. The zero-order valence-corrected chi connectivity index (χ0v) is 9.31. The first-order chi connectivity index (χ1) is 6.33. The van der Waals surface area contributed by atoms with Gasteiger partial charge >= 0.3 is 5.97 Å². The van der Waals surface area contributed by atoms with Crippen LogP contribution in [0.25, 0.3) is 0 Å². The van der Waals surface area contributed by atoms with E-state index in [2.05, 4.69) is 5.32 Å². The van der Waals surface area contributed by atoms with Gasteiger partial charge in [-0.15, -0.1) is 12.4 Å². The molecule has 2 rings (SSSR count). The van der Waals surface area contributed by atoms with E-state index in [0.717, 1.165) is 19.0 Å². The van der Waals surface area contributed by atoms with Gasteiger partial charge in [-0.05, 0) is 38.1 Å². The van der Waals surface area contributed by atoms with Gasteiger partial charge in [0.05, 0.1) is 12.5 Å². The van der Waals surface area contributed by atoms with Crippen LogP contribution in [0, 0.1) is 17.8 Å². The molecule has 1 saturated carbocycles. The number of hydrogen-bond donors (Lipinski definition) is 1. The first-order valence-electron chi connectivity index (χ1n) is 5.20. The third-order valence-electron chi connectivity index (χ3n) is 3.08. The van der Waals surface area contributed by atoms with Crippen molar-refractivity contribution in [3.63, 3.8) is 0 Å². The van der Waals surface area contributed by atoms with E-state index in [1.54, 1.807) is 0 Å². The van der Waals surface area contributed by atoms with Crippen molar-refractivity contribution < 1.29 is 9.53 Å². The summed E-state index contributed by atoms with van der Waals surface area (Å²) in [5.74, 6) is 1.49. The van der Waals surface area contributed by atoms with Crippen LogP contribution in [0.2, 0.25) is 0 Å². The lowest BCUT2D eigenvalue weighted by Crippen LogP contribution is -2.26. The second-order valence-electron chi connectivity index (χ2n) is 4.02. The molecule has 2 atom stereocenters. The van der Waals surface area contributed by atoms with Crippen LogP contribution in [0.15, 0.2) is 0 Å². The lowest BCUT2D eigenvalue weighted by Gasteiger charge is -2.15. The van der Waals surface area contributed by atoms with E-state index in [0.29, 0.717) is 12.5 Å². The average Bonchev–Trinajstić information content (AvgIpc) is 2.84. The Morgan fingerprint density at radius 3 is 2.71 bits per heavy atom. The van der Waals surface area contributed by atoms with Crippen LogP contribution in [0.5, 0.6) is 0 Å². The topological polar surface area (TPSA) is 38.3 Å². The minimum atomic E-state index is 0. The van der Waals surface area contributed by atoms with E-state index < -0.39 is 0 Å². The standard InChI is InChI=1S/C10H17NO2.ClH/c1-2-13-10(12)9-6-11-5-8(9)7-3-4-7;/h7-9,11H,2-6H2,1H3;1H/t8-,9+;/m1./s1. The summed E-state index contributed by atoms with van der Waals surface area (Å²) < 4.78 is 5.06. The number of carbonyl (C=O) groups excluding carboxylic acids is 1. The zero-order valence-electron chi connectivity index (χ0n) is 8.49. The van der Waals surface area contributed by atoms with Gasteiger partial charge in [-0.25, -0.2) is 0 Å². The molecule has 1 saturated heterocycles. The van der Waals surface area contributed by atoms with Crippen molar-refractivity contribution in [1.82, 2.24) is 5.32 Å². The Morgan fingerprint density at radius 2 is 2.14 bits per heavy atom. The van der Waals surface area contributed by atoms with Crippen molar-refractivity contribution in [2.45, 2.75) is 19.8 Å². The molecular formula is C10H18ClNO2. The molecule has 1 aliphatic heterocycles. The molecule has 0 aromatic rings. The molecular weight excluding hydrogens is 202 g/mol. The van der Waals surface area contributed by atoms with E-state index >= 15 is 0 Å². The van der Waals surface area contributed by atoms with Crippen LogP contribution in [0.3, 0.4) is 0 Å². The SMILES string of the molecule is CCOC(=O)[C@H]1CNC[C@@H]1C1CC1.Cl. The van der Waals surface area contributed by atoms with Gasteiger partial charge in [0.25, 0.3) is 0 Å². The molecule has 82 valence electrons. The Kier molecular flexibility index (Phi) is 4.20. The van der Waals surface area contributed by atoms with Gasteiger partial charge in [0, 0.05) is 6.54 Å². The van der Waals surface area contributed by atoms with Gasteiger partial charge in [-0.2, -0.15) is 0 Å². The second kappa shape index (κ2) is 4.99. The number of carbonyl (C=O) groups is 1. The van der Waals surface area contributed by atoms with Crippen LogP contribution in [-0.2, 0) is 9.53 Å². The normalized spacial score (nSPS) is 30.9. The molecule has 4 heteroatoms. The van der Waals surface area contributed by atoms with Gasteiger partial charge in [0.2, 0.25) is 0 Å². The smallest absolute Gasteiger partial charge is 0.310 e. The predicted molar refractivity (Wildman–Crippen MR) is 56.5 cm³/mol. The number of ether oxygens (including phenoxy) is 1. The molecule has 0 unspecified atom stereocenters. The molecule has 0 aromatic heterocycles. The summed E-state index contributed by atoms with van der Waals surface area (Å²) in [4.78, 5) is 11.5. The number of halogens is 1. The fourth-order valence-corrected chi connectivity index (χ4v) is 2.23. The first-order valence-corrected chi connectivity index (χ1v) is 5.20. The average molecular weight is 220 g/mol. The van der Waals surface area contributed by atoms with Crippen molar-refractivity contribution in [2.75, 3.05) is 19.7 Å². The van der Waals surface area contributed by atoms with E-state index in [1.807, 2.05) is 6.92 Å². The van der Waals surface area contributed by atoms with Crippen molar-refractivity contribution in [2.24, 2.45) is 17.8 Å². The van der Waals surface area contributed by atoms with Gasteiger partial charge in [0.15, 0.2) is 0 Å². The van der Waals surface area contributed by atoms with Crippen molar-refractivity contribution in [1.29, 1.82) is 0 Å². The Balaban J connectivity index is 0.000000980. The van der Waals surface area contributed by atoms with Gasteiger partial charge in [-0.3, -0.25) is 4.79 Å². The summed E-state index contributed by atoms with van der Waals surface area (Å²) in [5.41, 5.74) is 0. The summed E-state index contributed by atoms with van der Waals surface area (Å²) >= 11 is 0. The number of nitrogens with one attached hydrogen (secondary N) is 1. The molecule has 0 aromatic carbocycles. The van der Waals surface area contributed by atoms with E-state index in [9.17, 15) is 4.79 Å². The number of rotatable bonds is 3. The van der Waals surface area contributed by atoms with E-state index in [-0.39, 0.29) is 24.3 Å². The summed E-state index contributed by atoms with van der Waals surface area (Å²) in [6.07, 6.45) is 2.62. The maximum Gasteiger partial charge on any atom is 0.310 e. The van der Waals surface area contributed by atoms with Gasteiger partial charge in [0.1, 0.15) is 0 Å². The fourth-order valence-electron chi connectivity index (χ4n) is 2.23.